The van der Waals surface area contributed by atoms with Crippen molar-refractivity contribution >= 4 is 29.3 Å². The maximum atomic E-state index is 12.2. The van der Waals surface area contributed by atoms with E-state index in [2.05, 4.69) is 5.32 Å². The van der Waals surface area contributed by atoms with Crippen molar-refractivity contribution in [2.75, 3.05) is 18.5 Å². The van der Waals surface area contributed by atoms with Gasteiger partial charge in [-0.25, -0.2) is 0 Å². The second kappa shape index (κ2) is 9.14. The van der Waals surface area contributed by atoms with E-state index in [1.807, 2.05) is 30.3 Å². The Labute approximate surface area is 168 Å². The van der Waals surface area contributed by atoms with Gasteiger partial charge in [0.05, 0.1) is 5.92 Å². The highest BCUT2D eigenvalue weighted by molar-refractivity contribution is 5.96. The minimum Gasteiger partial charge on any atom is -0.455 e. The van der Waals surface area contributed by atoms with Gasteiger partial charge >= 0.3 is 5.97 Å². The molecular weight excluding hydrogens is 372 g/mol. The molecule has 0 unspecified atom stereocenters. The second-order valence-corrected chi connectivity index (χ2v) is 6.95. The van der Waals surface area contributed by atoms with Crippen LogP contribution >= 0.6 is 0 Å². The quantitative estimate of drug-likeness (QED) is 0.575. The fourth-order valence-corrected chi connectivity index (χ4v) is 3.13. The van der Waals surface area contributed by atoms with Gasteiger partial charge in [-0.05, 0) is 36.8 Å². The van der Waals surface area contributed by atoms with Gasteiger partial charge in [-0.2, -0.15) is 0 Å². The van der Waals surface area contributed by atoms with Crippen molar-refractivity contribution in [3.8, 4) is 0 Å². The van der Waals surface area contributed by atoms with Crippen molar-refractivity contribution in [2.45, 2.75) is 19.9 Å². The van der Waals surface area contributed by atoms with E-state index < -0.39 is 24.4 Å². The van der Waals surface area contributed by atoms with Crippen LogP contribution in [0.2, 0.25) is 0 Å². The zero-order valence-electron chi connectivity index (χ0n) is 16.1. The number of carbonyl (C=O) groups is 4. The number of Topliss-reactive ketones (excluding diaryl/α,β-unsaturated/α-hetero) is 1. The number of nitrogens with zero attached hydrogens (tertiary/aromatic N) is 1. The first-order chi connectivity index (χ1) is 13.9. The molecule has 0 spiro atoms. The summed E-state index contributed by atoms with van der Waals surface area (Å²) in [6.07, 6.45) is 0.0831. The minimum absolute atomic E-state index is 0.0655. The van der Waals surface area contributed by atoms with E-state index in [-0.39, 0.29) is 24.7 Å². The normalized spacial score (nSPS) is 15.8. The number of ketones is 1. The van der Waals surface area contributed by atoms with E-state index in [9.17, 15) is 19.2 Å². The van der Waals surface area contributed by atoms with Crippen LogP contribution in [-0.4, -0.2) is 41.6 Å². The van der Waals surface area contributed by atoms with Gasteiger partial charge in [0.15, 0.2) is 12.4 Å². The third kappa shape index (κ3) is 5.51. The third-order valence-corrected chi connectivity index (χ3v) is 4.68. The fraction of sp³-hybridized carbons (Fsp3) is 0.273. The van der Waals surface area contributed by atoms with Crippen molar-refractivity contribution < 1.29 is 23.9 Å². The fourth-order valence-electron chi connectivity index (χ4n) is 3.13. The number of amides is 2. The summed E-state index contributed by atoms with van der Waals surface area (Å²) in [6.45, 7) is 1.75. The molecule has 1 aliphatic rings. The lowest BCUT2D eigenvalue weighted by Gasteiger charge is -2.16. The highest BCUT2D eigenvalue weighted by Gasteiger charge is 2.35. The van der Waals surface area contributed by atoms with Crippen molar-refractivity contribution in [3.05, 3.63) is 65.7 Å². The summed E-state index contributed by atoms with van der Waals surface area (Å²) in [6, 6.07) is 16.0. The molecular formula is C22H22N2O5. The molecule has 29 heavy (non-hydrogen) atoms. The smallest absolute Gasteiger partial charge is 0.311 e. The van der Waals surface area contributed by atoms with Gasteiger partial charge in [-0.15, -0.1) is 0 Å². The minimum atomic E-state index is -0.575. The van der Waals surface area contributed by atoms with Crippen LogP contribution in [0, 0.1) is 5.92 Å². The molecule has 1 fully saturated rings. The summed E-state index contributed by atoms with van der Waals surface area (Å²) in [5.74, 6) is -1.79. The van der Waals surface area contributed by atoms with Crippen molar-refractivity contribution in [2.24, 2.45) is 5.92 Å². The zero-order valence-corrected chi connectivity index (χ0v) is 16.1. The molecule has 0 saturated carbocycles. The van der Waals surface area contributed by atoms with E-state index >= 15 is 0 Å². The first kappa shape index (κ1) is 20.3. The van der Waals surface area contributed by atoms with Crippen molar-refractivity contribution in [1.29, 1.82) is 0 Å². The van der Waals surface area contributed by atoms with E-state index in [0.29, 0.717) is 17.8 Å². The number of nitrogens with one attached hydrogen (secondary N) is 1. The summed E-state index contributed by atoms with van der Waals surface area (Å²) in [5.41, 5.74) is 2.03. The topological polar surface area (TPSA) is 92.8 Å². The van der Waals surface area contributed by atoms with Crippen LogP contribution in [-0.2, 0) is 25.7 Å². The van der Waals surface area contributed by atoms with Crippen LogP contribution in [0.1, 0.15) is 29.3 Å². The first-order valence-corrected chi connectivity index (χ1v) is 9.31. The molecule has 150 valence electrons. The second-order valence-electron chi connectivity index (χ2n) is 6.95. The highest BCUT2D eigenvalue weighted by Crippen LogP contribution is 2.21. The van der Waals surface area contributed by atoms with Crippen LogP contribution in [0.15, 0.2) is 54.6 Å². The zero-order chi connectivity index (χ0) is 20.8. The summed E-state index contributed by atoms with van der Waals surface area (Å²) in [4.78, 5) is 49.3. The summed E-state index contributed by atoms with van der Waals surface area (Å²) < 4.78 is 5.08. The molecule has 0 aliphatic carbocycles. The molecule has 1 atom stereocenters. The Morgan fingerprint density at radius 3 is 2.41 bits per heavy atom. The van der Waals surface area contributed by atoms with E-state index in [1.165, 1.54) is 6.92 Å². The van der Waals surface area contributed by atoms with Crippen LogP contribution < -0.4 is 5.32 Å². The van der Waals surface area contributed by atoms with Gasteiger partial charge < -0.3 is 15.0 Å². The average molecular weight is 394 g/mol. The number of likely N-dealkylation sites (tertiary alicyclic amines) is 1. The van der Waals surface area contributed by atoms with Gasteiger partial charge in [0.25, 0.3) is 5.91 Å². The number of carbonyl (C=O) groups excluding carboxylic acids is 4. The average Bonchev–Trinajstić information content (AvgIpc) is 3.08. The molecule has 1 saturated heterocycles. The summed E-state index contributed by atoms with van der Waals surface area (Å²) in [5, 5.41) is 2.60. The first-order valence-electron chi connectivity index (χ1n) is 9.31. The lowest BCUT2D eigenvalue weighted by molar-refractivity contribution is -0.151. The number of esters is 1. The predicted molar refractivity (Wildman–Crippen MR) is 106 cm³/mol. The van der Waals surface area contributed by atoms with Crippen molar-refractivity contribution in [1.82, 2.24) is 4.90 Å². The predicted octanol–water partition coefficient (Wildman–Crippen LogP) is 2.42. The molecule has 0 bridgehead atoms. The third-order valence-electron chi connectivity index (χ3n) is 4.68. The van der Waals surface area contributed by atoms with Gasteiger partial charge in [0.1, 0.15) is 0 Å². The van der Waals surface area contributed by atoms with Crippen LogP contribution in [0.3, 0.4) is 0 Å². The van der Waals surface area contributed by atoms with E-state index in [0.717, 1.165) is 5.56 Å². The van der Waals surface area contributed by atoms with Gasteiger partial charge in [0, 0.05) is 30.8 Å². The molecule has 7 nitrogen and oxygen atoms in total. The molecule has 7 heteroatoms. The number of benzene rings is 2. The molecule has 3 rings (SSSR count). The van der Waals surface area contributed by atoms with Gasteiger partial charge in [-0.3, -0.25) is 19.2 Å². The molecule has 1 aliphatic heterocycles. The molecule has 2 amide bonds. The number of hydrogen-bond acceptors (Lipinski definition) is 5. The SMILES string of the molecule is CC(=O)c1ccc(NC(=O)COC(=O)[C@H]2CC(=O)N(Cc3ccccc3)C2)cc1. The summed E-state index contributed by atoms with van der Waals surface area (Å²) in [7, 11) is 0. The molecule has 1 N–H and O–H groups in total. The lowest BCUT2D eigenvalue weighted by atomic mass is 10.1. The molecule has 2 aromatic rings. The number of ether oxygens (including phenoxy) is 1. The lowest BCUT2D eigenvalue weighted by Crippen LogP contribution is -2.28. The van der Waals surface area contributed by atoms with Gasteiger partial charge in [0.2, 0.25) is 5.91 Å². The van der Waals surface area contributed by atoms with Gasteiger partial charge in [-0.1, -0.05) is 30.3 Å². The number of hydrogen-bond donors (Lipinski definition) is 1. The largest absolute Gasteiger partial charge is 0.455 e. The Bertz CT molecular complexity index is 909. The Balaban J connectivity index is 1.46. The van der Waals surface area contributed by atoms with E-state index in [1.54, 1.807) is 29.2 Å². The molecule has 0 radical (unpaired) electrons. The van der Waals surface area contributed by atoms with Crippen LogP contribution in [0.5, 0.6) is 0 Å². The maximum Gasteiger partial charge on any atom is 0.311 e. The Hall–Kier alpha value is -3.48. The Morgan fingerprint density at radius 2 is 1.76 bits per heavy atom. The van der Waals surface area contributed by atoms with Crippen LogP contribution in [0.4, 0.5) is 5.69 Å². The standard InChI is InChI=1S/C22H22N2O5/c1-15(25)17-7-9-19(10-8-17)23-20(26)14-29-22(28)18-11-21(27)24(13-18)12-16-5-3-2-4-6-16/h2-10,18H,11-14H2,1H3,(H,23,26)/t18-/m0/s1. The number of anilines is 1. The van der Waals surface area contributed by atoms with E-state index in [4.69, 9.17) is 4.74 Å². The van der Waals surface area contributed by atoms with Crippen LogP contribution in [0.25, 0.3) is 0 Å². The molecule has 0 aromatic heterocycles. The highest BCUT2D eigenvalue weighted by atomic mass is 16.5. The Kier molecular flexibility index (Phi) is 6.39. The summed E-state index contributed by atoms with van der Waals surface area (Å²) >= 11 is 0. The monoisotopic (exact) mass is 394 g/mol. The van der Waals surface area contributed by atoms with Crippen molar-refractivity contribution in [3.63, 3.8) is 0 Å². The Morgan fingerprint density at radius 1 is 1.07 bits per heavy atom. The maximum absolute atomic E-state index is 12.2. The molecule has 2 aromatic carbocycles. The number of rotatable bonds is 7. The molecule has 1 heterocycles.